The number of hydrogen-bond donors (Lipinski definition) is 0. The lowest BCUT2D eigenvalue weighted by Crippen LogP contribution is -2.07. The van der Waals surface area contributed by atoms with Crippen molar-refractivity contribution < 1.29 is 13.2 Å². The SMILES string of the molecule is CC(Cl)c1nc2cc(C(F)(F)F)ccc2n1CC1CC1C. The smallest absolute Gasteiger partial charge is 0.326 e. The van der Waals surface area contributed by atoms with Gasteiger partial charge < -0.3 is 4.57 Å². The number of alkyl halides is 4. The highest BCUT2D eigenvalue weighted by Gasteiger charge is 2.35. The van der Waals surface area contributed by atoms with E-state index in [1.165, 1.54) is 6.07 Å². The summed E-state index contributed by atoms with van der Waals surface area (Å²) in [5.41, 5.74) is 0.415. The Hall–Kier alpha value is -1.23. The summed E-state index contributed by atoms with van der Waals surface area (Å²) in [7, 11) is 0. The van der Waals surface area contributed by atoms with Gasteiger partial charge in [0.15, 0.2) is 0 Å². The second-order valence-electron chi connectivity index (χ2n) is 5.87. The summed E-state index contributed by atoms with van der Waals surface area (Å²) in [5.74, 6) is 1.87. The van der Waals surface area contributed by atoms with Crippen LogP contribution in [-0.2, 0) is 12.7 Å². The van der Waals surface area contributed by atoms with Gasteiger partial charge in [-0.3, -0.25) is 0 Å². The molecule has 0 saturated heterocycles. The highest BCUT2D eigenvalue weighted by molar-refractivity contribution is 6.20. The molecule has 1 fully saturated rings. The average Bonchev–Trinajstić information content (AvgIpc) is 2.95. The van der Waals surface area contributed by atoms with Crippen LogP contribution in [0.2, 0.25) is 0 Å². The minimum Gasteiger partial charge on any atom is -0.326 e. The van der Waals surface area contributed by atoms with E-state index in [-0.39, 0.29) is 5.38 Å². The summed E-state index contributed by atoms with van der Waals surface area (Å²) in [4.78, 5) is 4.32. The van der Waals surface area contributed by atoms with Crippen LogP contribution >= 0.6 is 11.6 Å². The van der Waals surface area contributed by atoms with Crippen molar-refractivity contribution >= 4 is 22.6 Å². The second-order valence-corrected chi connectivity index (χ2v) is 6.53. The van der Waals surface area contributed by atoms with Crippen LogP contribution in [0.3, 0.4) is 0 Å². The normalized spacial score (nSPS) is 23.5. The molecule has 3 atom stereocenters. The largest absolute Gasteiger partial charge is 0.416 e. The van der Waals surface area contributed by atoms with Gasteiger partial charge in [-0.25, -0.2) is 4.98 Å². The topological polar surface area (TPSA) is 17.8 Å². The van der Waals surface area contributed by atoms with Gasteiger partial charge in [-0.1, -0.05) is 6.92 Å². The van der Waals surface area contributed by atoms with E-state index in [4.69, 9.17) is 11.6 Å². The fourth-order valence-electron chi connectivity index (χ4n) is 2.71. The highest BCUT2D eigenvalue weighted by atomic mass is 35.5. The average molecular weight is 317 g/mol. The lowest BCUT2D eigenvalue weighted by molar-refractivity contribution is -0.137. The Kier molecular flexibility index (Phi) is 3.43. The van der Waals surface area contributed by atoms with Gasteiger partial charge in [0.2, 0.25) is 0 Å². The molecule has 1 aromatic heterocycles. The first-order chi connectivity index (χ1) is 9.77. The molecule has 3 rings (SSSR count). The first-order valence-corrected chi connectivity index (χ1v) is 7.42. The van der Waals surface area contributed by atoms with Crippen LogP contribution in [-0.4, -0.2) is 9.55 Å². The number of benzene rings is 1. The molecule has 0 N–H and O–H groups in total. The molecule has 1 aromatic carbocycles. The predicted molar refractivity (Wildman–Crippen MR) is 76.3 cm³/mol. The number of halogens is 4. The molecule has 2 aromatic rings. The molecule has 2 nitrogen and oxygen atoms in total. The van der Waals surface area contributed by atoms with Crippen LogP contribution in [0, 0.1) is 11.8 Å². The number of aromatic nitrogens is 2. The Morgan fingerprint density at radius 3 is 2.62 bits per heavy atom. The van der Waals surface area contributed by atoms with Crippen LogP contribution in [0.4, 0.5) is 13.2 Å². The van der Waals surface area contributed by atoms with E-state index in [9.17, 15) is 13.2 Å². The number of rotatable bonds is 3. The number of imidazole rings is 1. The van der Waals surface area contributed by atoms with Crippen molar-refractivity contribution in [1.29, 1.82) is 0 Å². The van der Waals surface area contributed by atoms with E-state index in [2.05, 4.69) is 11.9 Å². The summed E-state index contributed by atoms with van der Waals surface area (Å²) < 4.78 is 40.4. The minimum atomic E-state index is -4.35. The van der Waals surface area contributed by atoms with Gasteiger partial charge in [0.1, 0.15) is 5.82 Å². The zero-order valence-corrected chi connectivity index (χ0v) is 12.5. The van der Waals surface area contributed by atoms with Crippen LogP contribution in [0.25, 0.3) is 11.0 Å². The van der Waals surface area contributed by atoms with Gasteiger partial charge in [0.05, 0.1) is 22.0 Å². The third-order valence-electron chi connectivity index (χ3n) is 4.15. The van der Waals surface area contributed by atoms with Crippen molar-refractivity contribution in [3.05, 3.63) is 29.6 Å². The first-order valence-electron chi connectivity index (χ1n) is 6.99. The van der Waals surface area contributed by atoms with Crippen molar-refractivity contribution in [3.63, 3.8) is 0 Å². The number of fused-ring (bicyclic) bond motifs is 1. The molecular weight excluding hydrogens is 301 g/mol. The monoisotopic (exact) mass is 316 g/mol. The van der Waals surface area contributed by atoms with Crippen molar-refractivity contribution in [2.75, 3.05) is 0 Å². The number of nitrogens with zero attached hydrogens (tertiary/aromatic N) is 2. The molecule has 1 aliphatic carbocycles. The molecular formula is C15H16ClF3N2. The Morgan fingerprint density at radius 1 is 1.43 bits per heavy atom. The predicted octanol–water partition coefficient (Wildman–Crippen LogP) is 5.01. The quantitative estimate of drug-likeness (QED) is 0.728. The van der Waals surface area contributed by atoms with Crippen molar-refractivity contribution in [2.45, 2.75) is 38.4 Å². The van der Waals surface area contributed by atoms with E-state index < -0.39 is 11.7 Å². The molecule has 0 spiro atoms. The van der Waals surface area contributed by atoms with E-state index >= 15 is 0 Å². The molecule has 21 heavy (non-hydrogen) atoms. The molecule has 1 heterocycles. The maximum Gasteiger partial charge on any atom is 0.416 e. The van der Waals surface area contributed by atoms with Crippen LogP contribution in [0.15, 0.2) is 18.2 Å². The zero-order chi connectivity index (χ0) is 15.4. The molecule has 114 valence electrons. The lowest BCUT2D eigenvalue weighted by atomic mass is 10.2. The molecule has 6 heteroatoms. The Labute approximate surface area is 125 Å². The van der Waals surface area contributed by atoms with E-state index in [0.717, 1.165) is 30.6 Å². The molecule has 3 unspecified atom stereocenters. The molecule has 0 radical (unpaired) electrons. The van der Waals surface area contributed by atoms with Gasteiger partial charge in [-0.05, 0) is 43.4 Å². The molecule has 0 bridgehead atoms. The van der Waals surface area contributed by atoms with E-state index in [1.54, 1.807) is 6.92 Å². The molecule has 0 amide bonds. The zero-order valence-electron chi connectivity index (χ0n) is 11.8. The van der Waals surface area contributed by atoms with Gasteiger partial charge in [0.25, 0.3) is 0 Å². The molecule has 1 aliphatic rings. The summed E-state index contributed by atoms with van der Waals surface area (Å²) >= 11 is 6.14. The highest BCUT2D eigenvalue weighted by Crippen LogP contribution is 2.41. The molecule has 1 saturated carbocycles. The van der Waals surface area contributed by atoms with Gasteiger partial charge in [-0.15, -0.1) is 11.6 Å². The van der Waals surface area contributed by atoms with Crippen molar-refractivity contribution in [3.8, 4) is 0 Å². The third kappa shape index (κ3) is 2.76. The van der Waals surface area contributed by atoms with Crippen molar-refractivity contribution in [1.82, 2.24) is 9.55 Å². The lowest BCUT2D eigenvalue weighted by Gasteiger charge is -2.10. The Morgan fingerprint density at radius 2 is 2.10 bits per heavy atom. The van der Waals surface area contributed by atoms with Gasteiger partial charge in [-0.2, -0.15) is 13.2 Å². The summed E-state index contributed by atoms with van der Waals surface area (Å²) in [6.45, 7) is 4.74. The maximum atomic E-state index is 12.8. The minimum absolute atomic E-state index is 0.333. The van der Waals surface area contributed by atoms with Gasteiger partial charge >= 0.3 is 6.18 Å². The second kappa shape index (κ2) is 4.90. The standard InChI is InChI=1S/C15H16ClF3N2/c1-8-5-10(8)7-21-13-4-3-11(15(17,18)19)6-12(13)20-14(21)9(2)16/h3-4,6,8-10H,5,7H2,1-2H3. The summed E-state index contributed by atoms with van der Waals surface area (Å²) in [6.07, 6.45) is -3.20. The van der Waals surface area contributed by atoms with Crippen LogP contribution in [0.1, 0.15) is 37.0 Å². The molecule has 0 aliphatic heterocycles. The van der Waals surface area contributed by atoms with E-state index in [0.29, 0.717) is 23.2 Å². The van der Waals surface area contributed by atoms with Crippen molar-refractivity contribution in [2.24, 2.45) is 11.8 Å². The third-order valence-corrected chi connectivity index (χ3v) is 4.35. The van der Waals surface area contributed by atoms with Crippen LogP contribution < -0.4 is 0 Å². The maximum absolute atomic E-state index is 12.8. The Balaban J connectivity index is 2.08. The first kappa shape index (κ1) is 14.7. The summed E-state index contributed by atoms with van der Waals surface area (Å²) in [5, 5.41) is -0.333. The van der Waals surface area contributed by atoms with Crippen LogP contribution in [0.5, 0.6) is 0 Å². The fraction of sp³-hybridized carbons (Fsp3) is 0.533. The summed E-state index contributed by atoms with van der Waals surface area (Å²) in [6, 6.07) is 3.71. The Bertz CT molecular complexity index is 675. The van der Waals surface area contributed by atoms with E-state index in [1.807, 2.05) is 4.57 Å². The fourth-order valence-corrected chi connectivity index (χ4v) is 2.87. The number of hydrogen-bond acceptors (Lipinski definition) is 1. The van der Waals surface area contributed by atoms with Gasteiger partial charge in [0, 0.05) is 6.54 Å².